The lowest BCUT2D eigenvalue weighted by Gasteiger charge is -2.33. The van der Waals surface area contributed by atoms with Crippen LogP contribution in [0.25, 0.3) is 0 Å². The number of hydrogen-bond acceptors (Lipinski definition) is 6. The quantitative estimate of drug-likeness (QED) is 0.640. The van der Waals surface area contributed by atoms with Gasteiger partial charge in [-0.2, -0.15) is 0 Å². The van der Waals surface area contributed by atoms with Crippen LogP contribution in [0.15, 0.2) is 30.3 Å². The van der Waals surface area contributed by atoms with E-state index in [1.54, 1.807) is 13.8 Å². The van der Waals surface area contributed by atoms with Gasteiger partial charge in [-0.05, 0) is 44.2 Å². The lowest BCUT2D eigenvalue weighted by Crippen LogP contribution is -2.40. The van der Waals surface area contributed by atoms with Gasteiger partial charge in [0, 0.05) is 25.2 Å². The average molecular weight is 412 g/mol. The smallest absolute Gasteiger partial charge is 0.326 e. The number of nitrogens with one attached hydrogen (secondary N) is 1. The van der Waals surface area contributed by atoms with Gasteiger partial charge in [-0.3, -0.25) is 4.79 Å². The Morgan fingerprint density at radius 3 is 2.47 bits per heavy atom. The van der Waals surface area contributed by atoms with Gasteiger partial charge in [0.1, 0.15) is 11.9 Å². The molecule has 8 heteroatoms. The molecule has 1 saturated heterocycles. The summed E-state index contributed by atoms with van der Waals surface area (Å²) in [6.07, 6.45) is 2.81. The van der Waals surface area contributed by atoms with E-state index in [0.29, 0.717) is 23.9 Å². The summed E-state index contributed by atoms with van der Waals surface area (Å²) in [4.78, 5) is 34.7. The molecular weight excluding hydrogens is 384 g/mol. The summed E-state index contributed by atoms with van der Waals surface area (Å²) in [6, 6.07) is 9.27. The number of benzene rings is 1. The number of hydrogen-bond donors (Lipinski definition) is 3. The van der Waals surface area contributed by atoms with Gasteiger partial charge >= 0.3 is 5.97 Å². The van der Waals surface area contributed by atoms with Gasteiger partial charge in [-0.25, -0.2) is 14.8 Å². The van der Waals surface area contributed by atoms with Gasteiger partial charge < -0.3 is 20.4 Å². The van der Waals surface area contributed by atoms with Gasteiger partial charge in [-0.1, -0.05) is 25.1 Å². The second-order valence-electron chi connectivity index (χ2n) is 7.67. The van der Waals surface area contributed by atoms with Crippen molar-refractivity contribution >= 4 is 17.6 Å². The Balaban J connectivity index is 1.67. The molecule has 0 radical (unpaired) electrons. The van der Waals surface area contributed by atoms with Crippen LogP contribution in [0.3, 0.4) is 0 Å². The minimum absolute atomic E-state index is 0.168. The Labute approximate surface area is 176 Å². The predicted molar refractivity (Wildman–Crippen MR) is 113 cm³/mol. The lowest BCUT2D eigenvalue weighted by atomic mass is 9.93. The fourth-order valence-corrected chi connectivity index (χ4v) is 3.73. The number of carboxylic acid groups (broad SMARTS) is 1. The van der Waals surface area contributed by atoms with Gasteiger partial charge in [0.15, 0.2) is 11.4 Å². The standard InChI is InChI=1S/C22H28N4O4/c1-3-17(22(29)30)24-21(28)19-20(27)14(2)23-18(25-19)13-15-9-11-26(12-10-15)16-7-5-4-6-8-16/h4-8,15,17,27H,3,9-13H2,1-2H3,(H,24,28)(H,29,30). The first-order chi connectivity index (χ1) is 14.4. The fraction of sp³-hybridized carbons (Fsp3) is 0.455. The van der Waals surface area contributed by atoms with Crippen molar-refractivity contribution in [3.05, 3.63) is 47.5 Å². The number of carboxylic acids is 1. The molecule has 3 N–H and O–H groups in total. The number of nitrogens with zero attached hydrogens (tertiary/aromatic N) is 3. The normalized spacial score (nSPS) is 15.6. The Kier molecular flexibility index (Phi) is 6.87. The molecule has 1 amide bonds. The highest BCUT2D eigenvalue weighted by atomic mass is 16.4. The first-order valence-electron chi connectivity index (χ1n) is 10.3. The van der Waals surface area contributed by atoms with Crippen molar-refractivity contribution in [2.75, 3.05) is 18.0 Å². The van der Waals surface area contributed by atoms with Gasteiger partial charge in [0.05, 0.1) is 5.69 Å². The highest BCUT2D eigenvalue weighted by Gasteiger charge is 2.25. The first-order valence-corrected chi connectivity index (χ1v) is 10.3. The molecule has 2 heterocycles. The van der Waals surface area contributed by atoms with Crippen molar-refractivity contribution < 1.29 is 19.8 Å². The number of aromatic nitrogens is 2. The minimum Gasteiger partial charge on any atom is -0.504 e. The maximum atomic E-state index is 12.5. The van der Waals surface area contributed by atoms with E-state index in [0.717, 1.165) is 25.9 Å². The van der Waals surface area contributed by atoms with Crippen LogP contribution >= 0.6 is 0 Å². The van der Waals surface area contributed by atoms with Crippen molar-refractivity contribution in [2.45, 2.75) is 45.6 Å². The molecule has 1 atom stereocenters. The van der Waals surface area contributed by atoms with Crippen molar-refractivity contribution in [3.63, 3.8) is 0 Å². The van der Waals surface area contributed by atoms with E-state index >= 15 is 0 Å². The first kappa shape index (κ1) is 21.5. The number of aromatic hydroxyl groups is 1. The van der Waals surface area contributed by atoms with Crippen molar-refractivity contribution in [1.82, 2.24) is 15.3 Å². The molecule has 1 aliphatic heterocycles. The third-order valence-corrected chi connectivity index (χ3v) is 5.54. The Hall–Kier alpha value is -3.16. The summed E-state index contributed by atoms with van der Waals surface area (Å²) in [5.41, 5.74) is 1.37. The second kappa shape index (κ2) is 9.56. The Morgan fingerprint density at radius 1 is 1.20 bits per heavy atom. The molecule has 1 aromatic carbocycles. The number of aryl methyl sites for hydroxylation is 1. The molecule has 0 saturated carbocycles. The van der Waals surface area contributed by atoms with Crippen LogP contribution < -0.4 is 10.2 Å². The maximum Gasteiger partial charge on any atom is 0.326 e. The molecule has 1 fully saturated rings. The molecule has 0 aliphatic carbocycles. The number of anilines is 1. The van der Waals surface area contributed by atoms with E-state index in [4.69, 9.17) is 5.11 Å². The molecule has 30 heavy (non-hydrogen) atoms. The third-order valence-electron chi connectivity index (χ3n) is 5.54. The minimum atomic E-state index is -1.12. The largest absolute Gasteiger partial charge is 0.504 e. The monoisotopic (exact) mass is 412 g/mol. The van der Waals surface area contributed by atoms with E-state index < -0.39 is 17.9 Å². The molecular formula is C22H28N4O4. The molecule has 1 aromatic heterocycles. The molecule has 160 valence electrons. The molecule has 8 nitrogen and oxygen atoms in total. The maximum absolute atomic E-state index is 12.5. The van der Waals surface area contributed by atoms with Gasteiger partial charge in [0.25, 0.3) is 5.91 Å². The van der Waals surface area contributed by atoms with E-state index in [9.17, 15) is 14.7 Å². The number of rotatable bonds is 7. The number of piperidine rings is 1. The summed E-state index contributed by atoms with van der Waals surface area (Å²) in [6.45, 7) is 5.16. The van der Waals surface area contributed by atoms with E-state index in [1.165, 1.54) is 5.69 Å². The lowest BCUT2D eigenvalue weighted by molar-refractivity contribution is -0.139. The van der Waals surface area contributed by atoms with Gasteiger partial charge in [-0.15, -0.1) is 0 Å². The zero-order valence-electron chi connectivity index (χ0n) is 17.3. The zero-order chi connectivity index (χ0) is 21.7. The van der Waals surface area contributed by atoms with Crippen LogP contribution in [0.1, 0.15) is 48.2 Å². The van der Waals surface area contributed by atoms with Crippen LogP contribution in [0.2, 0.25) is 0 Å². The molecule has 3 rings (SSSR count). The molecule has 2 aromatic rings. The van der Waals surface area contributed by atoms with Crippen molar-refractivity contribution in [3.8, 4) is 5.75 Å². The molecule has 0 bridgehead atoms. The van der Waals surface area contributed by atoms with Crippen LogP contribution in [0.5, 0.6) is 5.75 Å². The van der Waals surface area contributed by atoms with E-state index in [2.05, 4.69) is 32.3 Å². The molecule has 1 unspecified atom stereocenters. The van der Waals surface area contributed by atoms with Crippen LogP contribution in [0.4, 0.5) is 5.69 Å². The van der Waals surface area contributed by atoms with Crippen molar-refractivity contribution in [1.29, 1.82) is 0 Å². The van der Waals surface area contributed by atoms with E-state index in [-0.39, 0.29) is 17.9 Å². The Bertz CT molecular complexity index is 896. The summed E-state index contributed by atoms with van der Waals surface area (Å²) in [5, 5.41) is 21.8. The summed E-state index contributed by atoms with van der Waals surface area (Å²) in [7, 11) is 0. The zero-order valence-corrected chi connectivity index (χ0v) is 17.3. The van der Waals surface area contributed by atoms with Crippen LogP contribution in [0, 0.1) is 12.8 Å². The number of aliphatic carboxylic acids is 1. The molecule has 1 aliphatic rings. The average Bonchev–Trinajstić information content (AvgIpc) is 2.75. The topological polar surface area (TPSA) is 116 Å². The van der Waals surface area contributed by atoms with Gasteiger partial charge in [0.2, 0.25) is 0 Å². The van der Waals surface area contributed by atoms with Crippen molar-refractivity contribution in [2.24, 2.45) is 5.92 Å². The Morgan fingerprint density at radius 2 is 1.87 bits per heavy atom. The molecule has 0 spiro atoms. The highest BCUT2D eigenvalue weighted by molar-refractivity contribution is 5.97. The summed E-state index contributed by atoms with van der Waals surface area (Å²) < 4.78 is 0. The summed E-state index contributed by atoms with van der Waals surface area (Å²) in [5.74, 6) is -1.26. The number of carbonyl (C=O) groups is 2. The summed E-state index contributed by atoms with van der Waals surface area (Å²) >= 11 is 0. The van der Waals surface area contributed by atoms with E-state index in [1.807, 2.05) is 18.2 Å². The second-order valence-corrected chi connectivity index (χ2v) is 7.67. The number of para-hydroxylation sites is 1. The number of amides is 1. The highest BCUT2D eigenvalue weighted by Crippen LogP contribution is 2.26. The number of carbonyl (C=O) groups excluding carboxylic acids is 1. The third kappa shape index (κ3) is 5.06. The SMILES string of the molecule is CCC(NC(=O)c1nc(CC2CCN(c3ccccc3)CC2)nc(C)c1O)C(=O)O. The van der Waals surface area contributed by atoms with Crippen LogP contribution in [-0.2, 0) is 11.2 Å². The van der Waals surface area contributed by atoms with Crippen LogP contribution in [-0.4, -0.2) is 51.2 Å². The predicted octanol–water partition coefficient (Wildman–Crippen LogP) is 2.54. The fourth-order valence-electron chi connectivity index (χ4n) is 3.73.